The predicted octanol–water partition coefficient (Wildman–Crippen LogP) is 3.50. The van der Waals surface area contributed by atoms with Crippen LogP contribution in [0.15, 0.2) is 24.3 Å². The molecule has 0 heterocycles. The average Bonchev–Trinajstić information content (AvgIpc) is 2.20. The highest BCUT2D eigenvalue weighted by atomic mass is 16.3. The molecule has 0 spiro atoms. The molecule has 80 valence electrons. The van der Waals surface area contributed by atoms with Gasteiger partial charge >= 0.3 is 0 Å². The SMILES string of the molecule is CC.CC(C)(C)c1ccc(CO)cc1. The molecule has 0 saturated carbocycles. The Balaban J connectivity index is 0.000000791. The molecule has 1 aromatic rings. The summed E-state index contributed by atoms with van der Waals surface area (Å²) in [6.07, 6.45) is 0. The second kappa shape index (κ2) is 5.82. The van der Waals surface area contributed by atoms with Crippen molar-refractivity contribution in [2.75, 3.05) is 0 Å². The first kappa shape index (κ1) is 13.2. The Morgan fingerprint density at radius 1 is 1.00 bits per heavy atom. The van der Waals surface area contributed by atoms with Gasteiger partial charge in [0.15, 0.2) is 0 Å². The summed E-state index contributed by atoms with van der Waals surface area (Å²) in [7, 11) is 0. The molecule has 0 atom stereocenters. The Morgan fingerprint density at radius 2 is 1.43 bits per heavy atom. The van der Waals surface area contributed by atoms with E-state index in [2.05, 4.69) is 32.9 Å². The van der Waals surface area contributed by atoms with Gasteiger partial charge in [-0.1, -0.05) is 58.9 Å². The van der Waals surface area contributed by atoms with Crippen molar-refractivity contribution in [2.24, 2.45) is 0 Å². The quantitative estimate of drug-likeness (QED) is 0.725. The molecule has 0 bridgehead atoms. The minimum absolute atomic E-state index is 0.129. The van der Waals surface area contributed by atoms with E-state index in [1.807, 2.05) is 26.0 Å². The summed E-state index contributed by atoms with van der Waals surface area (Å²) in [6.45, 7) is 10.7. The van der Waals surface area contributed by atoms with Gasteiger partial charge in [-0.15, -0.1) is 0 Å². The van der Waals surface area contributed by atoms with Crippen LogP contribution in [0, 0.1) is 0 Å². The second-order valence-corrected chi connectivity index (χ2v) is 4.11. The molecule has 0 saturated heterocycles. The van der Waals surface area contributed by atoms with Crippen molar-refractivity contribution in [3.63, 3.8) is 0 Å². The number of benzene rings is 1. The minimum atomic E-state index is 0.129. The van der Waals surface area contributed by atoms with E-state index >= 15 is 0 Å². The second-order valence-electron chi connectivity index (χ2n) is 4.11. The van der Waals surface area contributed by atoms with Gasteiger partial charge in [-0.3, -0.25) is 0 Å². The number of aliphatic hydroxyl groups excluding tert-OH is 1. The van der Waals surface area contributed by atoms with E-state index in [4.69, 9.17) is 5.11 Å². The van der Waals surface area contributed by atoms with E-state index in [0.29, 0.717) is 0 Å². The van der Waals surface area contributed by atoms with Gasteiger partial charge in [0, 0.05) is 0 Å². The minimum Gasteiger partial charge on any atom is -0.392 e. The van der Waals surface area contributed by atoms with Crippen LogP contribution in [0.1, 0.15) is 45.7 Å². The molecule has 0 fully saturated rings. The number of rotatable bonds is 1. The van der Waals surface area contributed by atoms with E-state index in [0.717, 1.165) is 5.56 Å². The summed E-state index contributed by atoms with van der Waals surface area (Å²) in [5, 5.41) is 8.83. The lowest BCUT2D eigenvalue weighted by atomic mass is 9.87. The zero-order valence-electron chi connectivity index (χ0n) is 9.96. The van der Waals surface area contributed by atoms with Crippen LogP contribution in [0.25, 0.3) is 0 Å². The Hall–Kier alpha value is -0.820. The van der Waals surface area contributed by atoms with E-state index in [9.17, 15) is 0 Å². The van der Waals surface area contributed by atoms with Crippen LogP contribution in [0.4, 0.5) is 0 Å². The maximum absolute atomic E-state index is 8.83. The Bertz CT molecular complexity index is 241. The van der Waals surface area contributed by atoms with Gasteiger partial charge in [0.1, 0.15) is 0 Å². The highest BCUT2D eigenvalue weighted by molar-refractivity contribution is 5.26. The maximum atomic E-state index is 8.83. The van der Waals surface area contributed by atoms with Crippen LogP contribution < -0.4 is 0 Å². The van der Waals surface area contributed by atoms with Gasteiger partial charge in [0.25, 0.3) is 0 Å². The first-order chi connectivity index (χ1) is 6.54. The van der Waals surface area contributed by atoms with Gasteiger partial charge in [-0.2, -0.15) is 0 Å². The fourth-order valence-corrected chi connectivity index (χ4v) is 1.11. The first-order valence-corrected chi connectivity index (χ1v) is 5.24. The molecule has 1 aromatic carbocycles. The van der Waals surface area contributed by atoms with Crippen molar-refractivity contribution in [3.8, 4) is 0 Å². The first-order valence-electron chi connectivity index (χ1n) is 5.24. The summed E-state index contributed by atoms with van der Waals surface area (Å²) in [5.74, 6) is 0. The highest BCUT2D eigenvalue weighted by Crippen LogP contribution is 2.21. The third-order valence-corrected chi connectivity index (χ3v) is 2.00. The molecule has 1 rings (SSSR count). The number of hydrogen-bond donors (Lipinski definition) is 1. The topological polar surface area (TPSA) is 20.2 Å². The Kier molecular flexibility index (Phi) is 5.47. The largest absolute Gasteiger partial charge is 0.392 e. The van der Waals surface area contributed by atoms with Crippen LogP contribution in [0.2, 0.25) is 0 Å². The number of aliphatic hydroxyl groups is 1. The van der Waals surface area contributed by atoms with Crippen molar-refractivity contribution >= 4 is 0 Å². The molecule has 0 aliphatic rings. The van der Waals surface area contributed by atoms with Gasteiger partial charge < -0.3 is 5.11 Å². The van der Waals surface area contributed by atoms with Crippen LogP contribution in [0.5, 0.6) is 0 Å². The van der Waals surface area contributed by atoms with Crippen molar-refractivity contribution in [1.82, 2.24) is 0 Å². The molecule has 0 aliphatic carbocycles. The van der Waals surface area contributed by atoms with Crippen LogP contribution in [-0.2, 0) is 12.0 Å². The Labute approximate surface area is 87.8 Å². The highest BCUT2D eigenvalue weighted by Gasteiger charge is 2.12. The van der Waals surface area contributed by atoms with Crippen molar-refractivity contribution in [3.05, 3.63) is 35.4 Å². The van der Waals surface area contributed by atoms with Crippen LogP contribution in [-0.4, -0.2) is 5.11 Å². The molecule has 0 radical (unpaired) electrons. The normalized spacial score (nSPS) is 10.4. The summed E-state index contributed by atoms with van der Waals surface area (Å²) in [6, 6.07) is 8.10. The molecule has 0 aromatic heterocycles. The fourth-order valence-electron chi connectivity index (χ4n) is 1.11. The molecular formula is C13H22O. The molecular weight excluding hydrogens is 172 g/mol. The summed E-state index contributed by atoms with van der Waals surface area (Å²) in [5.41, 5.74) is 2.48. The zero-order chi connectivity index (χ0) is 11.2. The Morgan fingerprint density at radius 3 is 1.71 bits per heavy atom. The molecule has 0 unspecified atom stereocenters. The average molecular weight is 194 g/mol. The van der Waals surface area contributed by atoms with Gasteiger partial charge in [-0.05, 0) is 16.5 Å². The third-order valence-electron chi connectivity index (χ3n) is 2.00. The van der Waals surface area contributed by atoms with E-state index in [1.165, 1.54) is 5.56 Å². The lowest BCUT2D eigenvalue weighted by molar-refractivity contribution is 0.282. The monoisotopic (exact) mass is 194 g/mol. The maximum Gasteiger partial charge on any atom is 0.0681 e. The molecule has 14 heavy (non-hydrogen) atoms. The molecule has 1 nitrogen and oxygen atoms in total. The molecule has 1 heteroatoms. The summed E-state index contributed by atoms with van der Waals surface area (Å²) >= 11 is 0. The van der Waals surface area contributed by atoms with Crippen molar-refractivity contribution < 1.29 is 5.11 Å². The van der Waals surface area contributed by atoms with Gasteiger partial charge in [-0.25, -0.2) is 0 Å². The molecule has 0 aliphatic heterocycles. The van der Waals surface area contributed by atoms with E-state index in [1.54, 1.807) is 0 Å². The summed E-state index contributed by atoms with van der Waals surface area (Å²) < 4.78 is 0. The van der Waals surface area contributed by atoms with Crippen LogP contribution >= 0.6 is 0 Å². The van der Waals surface area contributed by atoms with E-state index < -0.39 is 0 Å². The molecule has 0 amide bonds. The zero-order valence-corrected chi connectivity index (χ0v) is 9.96. The van der Waals surface area contributed by atoms with Gasteiger partial charge in [0.05, 0.1) is 6.61 Å². The predicted molar refractivity (Wildman–Crippen MR) is 62.4 cm³/mol. The standard InChI is InChI=1S/C11H16O.C2H6/c1-11(2,3)10-6-4-9(8-12)5-7-10;1-2/h4-7,12H,8H2,1-3H3;1-2H3. The number of hydrogen-bond acceptors (Lipinski definition) is 1. The van der Waals surface area contributed by atoms with Gasteiger partial charge in [0.2, 0.25) is 0 Å². The lowest BCUT2D eigenvalue weighted by Crippen LogP contribution is -2.10. The van der Waals surface area contributed by atoms with E-state index in [-0.39, 0.29) is 12.0 Å². The molecule has 1 N–H and O–H groups in total. The van der Waals surface area contributed by atoms with Crippen molar-refractivity contribution in [1.29, 1.82) is 0 Å². The van der Waals surface area contributed by atoms with Crippen LogP contribution in [0.3, 0.4) is 0 Å². The third kappa shape index (κ3) is 3.93. The fraction of sp³-hybridized carbons (Fsp3) is 0.538. The van der Waals surface area contributed by atoms with Crippen molar-refractivity contribution in [2.45, 2.75) is 46.6 Å². The smallest absolute Gasteiger partial charge is 0.0681 e. The summed E-state index contributed by atoms with van der Waals surface area (Å²) in [4.78, 5) is 0. The lowest BCUT2D eigenvalue weighted by Gasteiger charge is -2.18.